The van der Waals surface area contributed by atoms with E-state index in [1.807, 2.05) is 19.0 Å². The van der Waals surface area contributed by atoms with Crippen molar-refractivity contribution < 1.29 is 13.2 Å². The molecule has 0 aliphatic rings. The Morgan fingerprint density at radius 3 is 2.47 bits per heavy atom. The van der Waals surface area contributed by atoms with Crippen LogP contribution >= 0.6 is 0 Å². The molecule has 0 fully saturated rings. The quantitative estimate of drug-likeness (QED) is 0.885. The largest absolute Gasteiger partial charge is 0.416 e. The van der Waals surface area contributed by atoms with E-state index in [1.54, 1.807) is 6.92 Å². The molecule has 1 heterocycles. The van der Waals surface area contributed by atoms with Crippen molar-refractivity contribution in [1.29, 1.82) is 0 Å². The summed E-state index contributed by atoms with van der Waals surface area (Å²) in [4.78, 5) is 5.95. The first-order chi connectivity index (χ1) is 7.79. The van der Waals surface area contributed by atoms with E-state index in [0.717, 1.165) is 18.7 Å². The summed E-state index contributed by atoms with van der Waals surface area (Å²) >= 11 is 0. The van der Waals surface area contributed by atoms with Crippen LogP contribution in [-0.2, 0) is 6.18 Å². The fourth-order valence-corrected chi connectivity index (χ4v) is 1.33. The van der Waals surface area contributed by atoms with Crippen molar-refractivity contribution in [3.05, 3.63) is 23.4 Å². The average molecular weight is 247 g/mol. The number of nitrogens with one attached hydrogen (secondary N) is 1. The molecule has 0 radical (unpaired) electrons. The van der Waals surface area contributed by atoms with E-state index in [2.05, 4.69) is 10.3 Å². The molecule has 0 unspecified atom stereocenters. The molecular weight excluding hydrogens is 231 g/mol. The number of likely N-dealkylation sites (N-methyl/N-ethyl adjacent to an activating group) is 1. The predicted molar refractivity (Wildman–Crippen MR) is 61.0 cm³/mol. The summed E-state index contributed by atoms with van der Waals surface area (Å²) in [5.74, 6) is 0.263. The van der Waals surface area contributed by atoms with Crippen LogP contribution in [0.25, 0.3) is 0 Å². The highest BCUT2D eigenvalue weighted by Gasteiger charge is 2.31. The molecule has 17 heavy (non-hydrogen) atoms. The number of hydrogen-bond donors (Lipinski definition) is 1. The van der Waals surface area contributed by atoms with Gasteiger partial charge in [0, 0.05) is 18.8 Å². The van der Waals surface area contributed by atoms with E-state index < -0.39 is 11.7 Å². The summed E-state index contributed by atoms with van der Waals surface area (Å²) in [7, 11) is 3.79. The van der Waals surface area contributed by atoms with Crippen molar-refractivity contribution in [2.75, 3.05) is 32.5 Å². The molecule has 3 nitrogen and oxygen atoms in total. The second-order valence-corrected chi connectivity index (χ2v) is 4.11. The zero-order valence-electron chi connectivity index (χ0n) is 10.1. The number of aryl methyl sites for hydroxylation is 1. The normalized spacial score (nSPS) is 11.9. The Balaban J connectivity index is 2.76. The molecule has 0 atom stereocenters. The van der Waals surface area contributed by atoms with E-state index in [4.69, 9.17) is 0 Å². The van der Waals surface area contributed by atoms with Gasteiger partial charge in [0.15, 0.2) is 0 Å². The zero-order chi connectivity index (χ0) is 13.1. The second kappa shape index (κ2) is 5.35. The van der Waals surface area contributed by atoms with Crippen LogP contribution in [0.5, 0.6) is 0 Å². The van der Waals surface area contributed by atoms with Crippen molar-refractivity contribution in [2.45, 2.75) is 13.1 Å². The molecule has 0 aliphatic heterocycles. The Morgan fingerprint density at radius 1 is 1.29 bits per heavy atom. The summed E-state index contributed by atoms with van der Waals surface area (Å²) < 4.78 is 37.6. The zero-order valence-corrected chi connectivity index (χ0v) is 10.1. The van der Waals surface area contributed by atoms with Crippen molar-refractivity contribution in [2.24, 2.45) is 0 Å². The van der Waals surface area contributed by atoms with Crippen molar-refractivity contribution in [3.63, 3.8) is 0 Å². The highest BCUT2D eigenvalue weighted by Crippen LogP contribution is 2.30. The molecule has 1 rings (SSSR count). The molecule has 1 aromatic rings. The number of aromatic nitrogens is 1. The fraction of sp³-hybridized carbons (Fsp3) is 0.545. The van der Waals surface area contributed by atoms with Crippen molar-refractivity contribution in [3.8, 4) is 0 Å². The molecule has 0 amide bonds. The lowest BCUT2D eigenvalue weighted by atomic mass is 10.2. The van der Waals surface area contributed by atoms with E-state index in [0.29, 0.717) is 12.2 Å². The summed E-state index contributed by atoms with van der Waals surface area (Å²) in [6.45, 7) is 2.84. The Kier molecular flexibility index (Phi) is 4.34. The lowest BCUT2D eigenvalue weighted by molar-refractivity contribution is -0.137. The van der Waals surface area contributed by atoms with Gasteiger partial charge in [0.1, 0.15) is 5.82 Å². The maximum absolute atomic E-state index is 12.5. The van der Waals surface area contributed by atoms with Crippen molar-refractivity contribution in [1.82, 2.24) is 9.88 Å². The molecule has 0 aromatic carbocycles. The molecule has 0 aliphatic carbocycles. The van der Waals surface area contributed by atoms with Gasteiger partial charge in [-0.3, -0.25) is 0 Å². The smallest absolute Gasteiger partial charge is 0.369 e. The van der Waals surface area contributed by atoms with E-state index in [9.17, 15) is 13.2 Å². The average Bonchev–Trinajstić information content (AvgIpc) is 2.14. The number of hydrogen-bond acceptors (Lipinski definition) is 3. The van der Waals surface area contributed by atoms with Gasteiger partial charge in [0.2, 0.25) is 0 Å². The van der Waals surface area contributed by atoms with Gasteiger partial charge >= 0.3 is 6.18 Å². The molecule has 0 saturated heterocycles. The summed E-state index contributed by atoms with van der Waals surface area (Å²) in [5, 5.41) is 2.88. The van der Waals surface area contributed by atoms with E-state index in [1.165, 1.54) is 0 Å². The molecule has 1 aromatic heterocycles. The van der Waals surface area contributed by atoms with E-state index in [-0.39, 0.29) is 5.82 Å². The van der Waals surface area contributed by atoms with Gasteiger partial charge in [-0.15, -0.1) is 0 Å². The Bertz CT molecular complexity index is 375. The van der Waals surface area contributed by atoms with E-state index >= 15 is 0 Å². The molecule has 6 heteroatoms. The van der Waals surface area contributed by atoms with Crippen LogP contribution < -0.4 is 5.32 Å². The minimum absolute atomic E-state index is 0.263. The number of nitrogens with zero attached hydrogens (tertiary/aromatic N) is 2. The van der Waals surface area contributed by atoms with Gasteiger partial charge in [0.05, 0.1) is 5.56 Å². The monoisotopic (exact) mass is 247 g/mol. The highest BCUT2D eigenvalue weighted by atomic mass is 19.4. The number of pyridine rings is 1. The minimum Gasteiger partial charge on any atom is -0.369 e. The number of halogens is 3. The Morgan fingerprint density at radius 2 is 1.94 bits per heavy atom. The first-order valence-corrected chi connectivity index (χ1v) is 5.23. The Labute approximate surface area is 98.6 Å². The first-order valence-electron chi connectivity index (χ1n) is 5.23. The minimum atomic E-state index is -4.33. The van der Waals surface area contributed by atoms with Gasteiger partial charge < -0.3 is 10.2 Å². The summed E-state index contributed by atoms with van der Waals surface area (Å²) in [6, 6.07) is 2.07. The fourth-order valence-electron chi connectivity index (χ4n) is 1.33. The number of rotatable bonds is 4. The van der Waals surface area contributed by atoms with Gasteiger partial charge in [0.25, 0.3) is 0 Å². The lowest BCUT2D eigenvalue weighted by Crippen LogP contribution is -2.21. The third-order valence-electron chi connectivity index (χ3n) is 2.15. The van der Waals surface area contributed by atoms with Gasteiger partial charge in [-0.25, -0.2) is 4.98 Å². The third-order valence-corrected chi connectivity index (χ3v) is 2.15. The van der Waals surface area contributed by atoms with Gasteiger partial charge in [-0.05, 0) is 33.2 Å². The molecule has 1 N–H and O–H groups in total. The molecule has 0 saturated carbocycles. The predicted octanol–water partition coefficient (Wildman–Crippen LogP) is 2.38. The summed E-state index contributed by atoms with van der Waals surface area (Å²) in [6.07, 6.45) is -4.33. The van der Waals surface area contributed by atoms with Gasteiger partial charge in [-0.2, -0.15) is 13.2 Å². The van der Waals surface area contributed by atoms with Gasteiger partial charge in [-0.1, -0.05) is 0 Å². The number of alkyl halides is 3. The third kappa shape index (κ3) is 4.60. The highest BCUT2D eigenvalue weighted by molar-refractivity contribution is 5.40. The van der Waals surface area contributed by atoms with Crippen LogP contribution in [0.2, 0.25) is 0 Å². The number of anilines is 1. The molecule has 96 valence electrons. The van der Waals surface area contributed by atoms with Crippen LogP contribution in [0.3, 0.4) is 0 Å². The SMILES string of the molecule is Cc1cc(C(F)(F)F)cc(NCCN(C)C)n1. The Hall–Kier alpha value is -1.30. The first kappa shape index (κ1) is 13.8. The molecule has 0 spiro atoms. The summed E-state index contributed by atoms with van der Waals surface area (Å²) in [5.41, 5.74) is -0.315. The second-order valence-electron chi connectivity index (χ2n) is 4.11. The maximum Gasteiger partial charge on any atom is 0.416 e. The molecular formula is C11H16F3N3. The van der Waals surface area contributed by atoms with Crippen LogP contribution in [0, 0.1) is 6.92 Å². The van der Waals surface area contributed by atoms with Crippen LogP contribution in [0.1, 0.15) is 11.3 Å². The van der Waals surface area contributed by atoms with Crippen LogP contribution in [0.4, 0.5) is 19.0 Å². The standard InChI is InChI=1S/C11H16F3N3/c1-8-6-9(11(12,13)14)7-10(16-8)15-4-5-17(2)3/h6-7H,4-5H2,1-3H3,(H,15,16). The lowest BCUT2D eigenvalue weighted by Gasteiger charge is -2.13. The maximum atomic E-state index is 12.5. The van der Waals surface area contributed by atoms with Crippen LogP contribution in [0.15, 0.2) is 12.1 Å². The molecule has 0 bridgehead atoms. The van der Waals surface area contributed by atoms with Crippen molar-refractivity contribution >= 4 is 5.82 Å². The topological polar surface area (TPSA) is 28.2 Å². The van der Waals surface area contributed by atoms with Crippen LogP contribution in [-0.4, -0.2) is 37.1 Å².